The Bertz CT molecular complexity index is 819. The lowest BCUT2D eigenvalue weighted by Crippen LogP contribution is -2.41. The van der Waals surface area contributed by atoms with Crippen molar-refractivity contribution in [2.75, 3.05) is 5.32 Å². The zero-order chi connectivity index (χ0) is 19.8. The van der Waals surface area contributed by atoms with Crippen LogP contribution in [-0.2, 0) is 9.59 Å². The van der Waals surface area contributed by atoms with Crippen LogP contribution in [0.4, 0.5) is 5.69 Å². The Labute approximate surface area is 163 Å². The van der Waals surface area contributed by atoms with Gasteiger partial charge in [0.2, 0.25) is 11.8 Å². The lowest BCUT2D eigenvalue weighted by Gasteiger charge is -2.09. The van der Waals surface area contributed by atoms with E-state index in [2.05, 4.69) is 30.0 Å². The molecule has 3 amide bonds. The van der Waals surface area contributed by atoms with Gasteiger partial charge >= 0.3 is 0 Å². The highest BCUT2D eigenvalue weighted by Crippen LogP contribution is 2.20. The summed E-state index contributed by atoms with van der Waals surface area (Å²) in [6, 6.07) is 14.0. The van der Waals surface area contributed by atoms with Gasteiger partial charge in [-0.1, -0.05) is 49.7 Å². The standard InChI is InChI=1S/C20H22ClN3O3/c1-13(2)14-7-9-15(10-8-14)20(27)24-23-19(26)12-11-18(25)22-17-6-4-3-5-16(17)21/h3-10,13H,11-12H2,1-2H3,(H,22,25)(H,23,26)(H,24,27). The monoisotopic (exact) mass is 387 g/mol. The molecule has 0 spiro atoms. The summed E-state index contributed by atoms with van der Waals surface area (Å²) in [6.07, 6.45) is -0.0983. The molecule has 2 aromatic carbocycles. The topological polar surface area (TPSA) is 87.3 Å². The van der Waals surface area contributed by atoms with Gasteiger partial charge in [-0.25, -0.2) is 0 Å². The van der Waals surface area contributed by atoms with E-state index in [1.807, 2.05) is 12.1 Å². The molecule has 0 heterocycles. The SMILES string of the molecule is CC(C)c1ccc(C(=O)NNC(=O)CCC(=O)Nc2ccccc2Cl)cc1. The Morgan fingerprint density at radius 1 is 0.889 bits per heavy atom. The number of hydrogen-bond donors (Lipinski definition) is 3. The zero-order valence-electron chi connectivity index (χ0n) is 15.2. The Balaban J connectivity index is 1.74. The Morgan fingerprint density at radius 2 is 1.52 bits per heavy atom. The molecule has 0 radical (unpaired) electrons. The molecule has 6 nitrogen and oxygen atoms in total. The molecule has 0 saturated heterocycles. The fourth-order valence-electron chi connectivity index (χ4n) is 2.28. The van der Waals surface area contributed by atoms with Crippen LogP contribution in [-0.4, -0.2) is 17.7 Å². The van der Waals surface area contributed by atoms with Crippen molar-refractivity contribution in [1.82, 2.24) is 10.9 Å². The number of anilines is 1. The summed E-state index contributed by atoms with van der Waals surface area (Å²) < 4.78 is 0. The maximum atomic E-state index is 12.0. The highest BCUT2D eigenvalue weighted by atomic mass is 35.5. The molecular formula is C20H22ClN3O3. The molecule has 2 rings (SSSR count). The van der Waals surface area contributed by atoms with E-state index in [-0.39, 0.29) is 18.7 Å². The molecule has 0 aliphatic heterocycles. The third kappa shape index (κ3) is 6.42. The Hall–Kier alpha value is -2.86. The fourth-order valence-corrected chi connectivity index (χ4v) is 2.47. The van der Waals surface area contributed by atoms with Crippen molar-refractivity contribution in [3.63, 3.8) is 0 Å². The minimum Gasteiger partial charge on any atom is -0.325 e. The first-order valence-corrected chi connectivity index (χ1v) is 8.98. The largest absolute Gasteiger partial charge is 0.325 e. The summed E-state index contributed by atoms with van der Waals surface area (Å²) in [4.78, 5) is 35.7. The maximum Gasteiger partial charge on any atom is 0.269 e. The van der Waals surface area contributed by atoms with Crippen LogP contribution < -0.4 is 16.2 Å². The van der Waals surface area contributed by atoms with E-state index in [0.717, 1.165) is 5.56 Å². The zero-order valence-corrected chi connectivity index (χ0v) is 16.0. The van der Waals surface area contributed by atoms with Crippen molar-refractivity contribution in [2.45, 2.75) is 32.6 Å². The quantitative estimate of drug-likeness (QED) is 0.661. The molecule has 0 bridgehead atoms. The Kier molecular flexibility index (Phi) is 7.37. The van der Waals surface area contributed by atoms with Gasteiger partial charge < -0.3 is 5.32 Å². The third-order valence-electron chi connectivity index (χ3n) is 3.88. The number of halogens is 1. The predicted molar refractivity (Wildman–Crippen MR) is 105 cm³/mol. The van der Waals surface area contributed by atoms with Crippen LogP contribution in [0.15, 0.2) is 48.5 Å². The number of hydrogen-bond acceptors (Lipinski definition) is 3. The van der Waals surface area contributed by atoms with Gasteiger partial charge in [-0.3, -0.25) is 25.2 Å². The summed E-state index contributed by atoms with van der Waals surface area (Å²) in [5.41, 5.74) is 6.70. The molecule has 2 aromatic rings. The lowest BCUT2D eigenvalue weighted by molar-refractivity contribution is -0.124. The van der Waals surface area contributed by atoms with E-state index in [0.29, 0.717) is 22.2 Å². The van der Waals surface area contributed by atoms with Gasteiger partial charge in [0.05, 0.1) is 10.7 Å². The molecule has 142 valence electrons. The highest BCUT2D eigenvalue weighted by molar-refractivity contribution is 6.33. The number of carbonyl (C=O) groups excluding carboxylic acids is 3. The average molecular weight is 388 g/mol. The molecular weight excluding hydrogens is 366 g/mol. The van der Waals surface area contributed by atoms with Gasteiger partial charge in [0, 0.05) is 18.4 Å². The van der Waals surface area contributed by atoms with Gasteiger partial charge in [-0.15, -0.1) is 0 Å². The molecule has 3 N–H and O–H groups in total. The van der Waals surface area contributed by atoms with Crippen LogP contribution in [0.3, 0.4) is 0 Å². The van der Waals surface area contributed by atoms with Gasteiger partial charge in [0.25, 0.3) is 5.91 Å². The molecule has 0 fully saturated rings. The molecule has 0 unspecified atom stereocenters. The number of nitrogens with one attached hydrogen (secondary N) is 3. The molecule has 0 saturated carbocycles. The summed E-state index contributed by atoms with van der Waals surface area (Å²) in [5.74, 6) is -0.844. The molecule has 0 aromatic heterocycles. The van der Waals surface area contributed by atoms with E-state index >= 15 is 0 Å². The van der Waals surface area contributed by atoms with Crippen LogP contribution in [0.1, 0.15) is 48.5 Å². The highest BCUT2D eigenvalue weighted by Gasteiger charge is 2.11. The number of rotatable bonds is 6. The minimum atomic E-state index is -0.462. The second-order valence-corrected chi connectivity index (χ2v) is 6.71. The van der Waals surface area contributed by atoms with Crippen molar-refractivity contribution < 1.29 is 14.4 Å². The second kappa shape index (κ2) is 9.73. The maximum absolute atomic E-state index is 12.0. The summed E-state index contributed by atoms with van der Waals surface area (Å²) >= 11 is 5.96. The van der Waals surface area contributed by atoms with Crippen LogP contribution in [0.5, 0.6) is 0 Å². The Morgan fingerprint density at radius 3 is 2.15 bits per heavy atom. The van der Waals surface area contributed by atoms with Gasteiger partial charge in [-0.05, 0) is 35.7 Å². The van der Waals surface area contributed by atoms with Gasteiger partial charge in [0.15, 0.2) is 0 Å². The average Bonchev–Trinajstić information content (AvgIpc) is 2.66. The minimum absolute atomic E-state index is 0.0317. The van der Waals surface area contributed by atoms with Crippen LogP contribution in [0.2, 0.25) is 5.02 Å². The fraction of sp³-hybridized carbons (Fsp3) is 0.250. The van der Waals surface area contributed by atoms with Crippen molar-refractivity contribution in [1.29, 1.82) is 0 Å². The van der Waals surface area contributed by atoms with E-state index in [4.69, 9.17) is 11.6 Å². The van der Waals surface area contributed by atoms with Crippen molar-refractivity contribution >= 4 is 35.0 Å². The van der Waals surface area contributed by atoms with Gasteiger partial charge in [0.1, 0.15) is 0 Å². The normalized spacial score (nSPS) is 10.4. The first kappa shape index (κ1) is 20.5. The van der Waals surface area contributed by atoms with E-state index in [1.165, 1.54) is 0 Å². The smallest absolute Gasteiger partial charge is 0.269 e. The first-order valence-electron chi connectivity index (χ1n) is 8.60. The summed E-state index contributed by atoms with van der Waals surface area (Å²) in [5, 5.41) is 3.05. The molecule has 0 aliphatic rings. The number of hydrazine groups is 1. The van der Waals surface area contributed by atoms with Crippen molar-refractivity contribution in [3.8, 4) is 0 Å². The number of amides is 3. The third-order valence-corrected chi connectivity index (χ3v) is 4.21. The van der Waals surface area contributed by atoms with Crippen LogP contribution >= 0.6 is 11.6 Å². The molecule has 0 aliphatic carbocycles. The van der Waals surface area contributed by atoms with E-state index in [1.54, 1.807) is 36.4 Å². The summed E-state index contributed by atoms with van der Waals surface area (Å²) in [7, 11) is 0. The number of para-hydroxylation sites is 1. The summed E-state index contributed by atoms with van der Waals surface area (Å²) in [6.45, 7) is 4.13. The predicted octanol–water partition coefficient (Wildman–Crippen LogP) is 3.64. The van der Waals surface area contributed by atoms with Crippen molar-refractivity contribution in [3.05, 3.63) is 64.7 Å². The number of carbonyl (C=O) groups is 3. The number of benzene rings is 2. The first-order chi connectivity index (χ1) is 12.9. The molecule has 0 atom stereocenters. The van der Waals surface area contributed by atoms with E-state index in [9.17, 15) is 14.4 Å². The van der Waals surface area contributed by atoms with Crippen LogP contribution in [0, 0.1) is 0 Å². The van der Waals surface area contributed by atoms with Crippen molar-refractivity contribution in [2.24, 2.45) is 0 Å². The molecule has 7 heteroatoms. The lowest BCUT2D eigenvalue weighted by atomic mass is 10.0. The van der Waals surface area contributed by atoms with Crippen LogP contribution in [0.25, 0.3) is 0 Å². The molecule has 27 heavy (non-hydrogen) atoms. The van der Waals surface area contributed by atoms with E-state index < -0.39 is 11.8 Å². The van der Waals surface area contributed by atoms with Gasteiger partial charge in [-0.2, -0.15) is 0 Å². The second-order valence-electron chi connectivity index (χ2n) is 6.31.